The van der Waals surface area contributed by atoms with Crippen LogP contribution in [0.4, 0.5) is 0 Å². The van der Waals surface area contributed by atoms with E-state index in [1.807, 2.05) is 14.1 Å². The SMILES string of the molecule is CC(C)CC[N+](C)(C)CCOP(=O)(O)O. The Kier molecular flexibility index (Phi) is 5.99. The van der Waals surface area contributed by atoms with Crippen LogP contribution in [0.3, 0.4) is 0 Å². The summed E-state index contributed by atoms with van der Waals surface area (Å²) in [5.41, 5.74) is 0. The van der Waals surface area contributed by atoms with Crippen molar-refractivity contribution in [3.05, 3.63) is 0 Å². The standard InChI is InChI=1S/C9H22NO4P/c1-9(2)5-6-10(3,4)7-8-14-15(11,12)13/h9H,5-8H2,1-4H3,(H-,11,12,13)/p+1. The highest BCUT2D eigenvalue weighted by atomic mass is 31.2. The molecule has 0 unspecified atom stereocenters. The molecule has 5 nitrogen and oxygen atoms in total. The van der Waals surface area contributed by atoms with Gasteiger partial charge in [0.2, 0.25) is 0 Å². The van der Waals surface area contributed by atoms with Crippen LogP contribution in [-0.2, 0) is 9.09 Å². The summed E-state index contributed by atoms with van der Waals surface area (Å²) in [6.45, 7) is 6.01. The number of hydrogen-bond acceptors (Lipinski definition) is 2. The molecule has 0 atom stereocenters. The number of rotatable bonds is 7. The van der Waals surface area contributed by atoms with Gasteiger partial charge < -0.3 is 14.3 Å². The van der Waals surface area contributed by atoms with Gasteiger partial charge in [0.1, 0.15) is 13.2 Å². The Balaban J connectivity index is 3.79. The molecule has 15 heavy (non-hydrogen) atoms. The largest absolute Gasteiger partial charge is 0.469 e. The second-order valence-corrected chi connectivity index (χ2v) is 6.13. The smallest absolute Gasteiger partial charge is 0.327 e. The summed E-state index contributed by atoms with van der Waals surface area (Å²) in [6.07, 6.45) is 1.10. The van der Waals surface area contributed by atoms with Crippen LogP contribution in [0.25, 0.3) is 0 Å². The fourth-order valence-electron chi connectivity index (χ4n) is 1.13. The Labute approximate surface area is 91.9 Å². The van der Waals surface area contributed by atoms with Crippen LogP contribution < -0.4 is 0 Å². The molecule has 0 aromatic rings. The zero-order valence-electron chi connectivity index (χ0n) is 10.0. The molecule has 6 heteroatoms. The molecule has 0 aromatic heterocycles. The third-order valence-electron chi connectivity index (χ3n) is 2.27. The summed E-state index contributed by atoms with van der Waals surface area (Å²) < 4.78 is 15.6. The van der Waals surface area contributed by atoms with Gasteiger partial charge in [0, 0.05) is 0 Å². The predicted octanol–water partition coefficient (Wildman–Crippen LogP) is 1.22. The Morgan fingerprint density at radius 1 is 1.27 bits per heavy atom. The normalized spacial score (nSPS) is 13.5. The number of quaternary nitrogens is 1. The van der Waals surface area contributed by atoms with Crippen molar-refractivity contribution in [1.29, 1.82) is 0 Å². The number of likely N-dealkylation sites (N-methyl/N-ethyl adjacent to an activating group) is 1. The van der Waals surface area contributed by atoms with Crippen molar-refractivity contribution in [2.45, 2.75) is 20.3 Å². The molecule has 2 N–H and O–H groups in total. The van der Waals surface area contributed by atoms with Crippen molar-refractivity contribution < 1.29 is 23.4 Å². The van der Waals surface area contributed by atoms with Crippen molar-refractivity contribution in [2.24, 2.45) is 5.92 Å². The summed E-state index contributed by atoms with van der Waals surface area (Å²) in [5, 5.41) is 0. The first-order valence-electron chi connectivity index (χ1n) is 5.14. The zero-order chi connectivity index (χ0) is 12.1. The second kappa shape index (κ2) is 5.97. The van der Waals surface area contributed by atoms with Gasteiger partial charge in [-0.05, 0) is 12.3 Å². The average molecular weight is 240 g/mol. The Bertz CT molecular complexity index is 224. The lowest BCUT2D eigenvalue weighted by Crippen LogP contribution is -2.43. The molecule has 0 spiro atoms. The zero-order valence-corrected chi connectivity index (χ0v) is 10.9. The van der Waals surface area contributed by atoms with E-state index in [1.54, 1.807) is 0 Å². The molecular weight excluding hydrogens is 217 g/mol. The first-order chi connectivity index (χ1) is 6.62. The first-order valence-corrected chi connectivity index (χ1v) is 6.67. The van der Waals surface area contributed by atoms with Gasteiger partial charge in [-0.15, -0.1) is 0 Å². The van der Waals surface area contributed by atoms with E-state index in [0.29, 0.717) is 12.5 Å². The van der Waals surface area contributed by atoms with Gasteiger partial charge in [-0.1, -0.05) is 13.8 Å². The topological polar surface area (TPSA) is 66.8 Å². The molecule has 0 aliphatic rings. The van der Waals surface area contributed by atoms with E-state index in [9.17, 15) is 4.57 Å². The van der Waals surface area contributed by atoms with Gasteiger partial charge in [-0.3, -0.25) is 4.52 Å². The van der Waals surface area contributed by atoms with Crippen molar-refractivity contribution in [3.8, 4) is 0 Å². The van der Waals surface area contributed by atoms with Gasteiger partial charge in [0.05, 0.1) is 20.6 Å². The Morgan fingerprint density at radius 2 is 1.80 bits per heavy atom. The van der Waals surface area contributed by atoms with Crippen LogP contribution in [0.5, 0.6) is 0 Å². The molecule has 0 heterocycles. The summed E-state index contributed by atoms with van der Waals surface area (Å²) >= 11 is 0. The van der Waals surface area contributed by atoms with Gasteiger partial charge in [-0.2, -0.15) is 0 Å². The van der Waals surface area contributed by atoms with Gasteiger partial charge in [0.15, 0.2) is 0 Å². The minimum absolute atomic E-state index is 0.0926. The Hall–Kier alpha value is 0.0700. The minimum Gasteiger partial charge on any atom is -0.327 e. The molecule has 0 aromatic carbocycles. The van der Waals surface area contributed by atoms with E-state index in [1.165, 1.54) is 0 Å². The lowest BCUT2D eigenvalue weighted by atomic mass is 10.1. The molecule has 0 radical (unpaired) electrons. The number of nitrogens with zero attached hydrogens (tertiary/aromatic N) is 1. The highest BCUT2D eigenvalue weighted by Gasteiger charge is 2.19. The van der Waals surface area contributed by atoms with Crippen LogP contribution >= 0.6 is 7.82 Å². The third-order valence-corrected chi connectivity index (χ3v) is 2.79. The summed E-state index contributed by atoms with van der Waals surface area (Å²) in [6, 6.07) is 0. The molecule has 0 saturated heterocycles. The fraction of sp³-hybridized carbons (Fsp3) is 1.00. The second-order valence-electron chi connectivity index (χ2n) is 4.89. The van der Waals surface area contributed by atoms with E-state index in [0.717, 1.165) is 17.4 Å². The predicted molar refractivity (Wildman–Crippen MR) is 59.3 cm³/mol. The number of hydrogen-bond donors (Lipinski definition) is 2. The fourth-order valence-corrected chi connectivity index (χ4v) is 1.45. The third kappa shape index (κ3) is 10.4. The summed E-state index contributed by atoms with van der Waals surface area (Å²) in [5.74, 6) is 0.644. The monoisotopic (exact) mass is 240 g/mol. The molecule has 0 fully saturated rings. The van der Waals surface area contributed by atoms with E-state index < -0.39 is 7.82 Å². The van der Waals surface area contributed by atoms with Crippen molar-refractivity contribution in [2.75, 3.05) is 33.8 Å². The molecule has 0 rings (SSSR count). The average Bonchev–Trinajstić information content (AvgIpc) is 1.98. The molecule has 92 valence electrons. The molecule has 0 aliphatic carbocycles. The van der Waals surface area contributed by atoms with Gasteiger partial charge >= 0.3 is 7.82 Å². The molecule has 0 saturated carbocycles. The van der Waals surface area contributed by atoms with Crippen LogP contribution in [-0.4, -0.2) is 48.1 Å². The molecule has 0 bridgehead atoms. The number of phosphoric ester groups is 1. The van der Waals surface area contributed by atoms with Crippen LogP contribution in [0, 0.1) is 5.92 Å². The van der Waals surface area contributed by atoms with Crippen molar-refractivity contribution in [3.63, 3.8) is 0 Å². The highest BCUT2D eigenvalue weighted by Crippen LogP contribution is 2.35. The molecular formula is C9H23NO4P+. The highest BCUT2D eigenvalue weighted by molar-refractivity contribution is 7.46. The lowest BCUT2D eigenvalue weighted by molar-refractivity contribution is -0.890. The van der Waals surface area contributed by atoms with E-state index in [-0.39, 0.29) is 6.61 Å². The van der Waals surface area contributed by atoms with Crippen LogP contribution in [0.2, 0.25) is 0 Å². The van der Waals surface area contributed by atoms with E-state index in [2.05, 4.69) is 18.4 Å². The lowest BCUT2D eigenvalue weighted by Gasteiger charge is -2.30. The van der Waals surface area contributed by atoms with Crippen LogP contribution in [0.1, 0.15) is 20.3 Å². The quantitative estimate of drug-likeness (QED) is 0.518. The summed E-state index contributed by atoms with van der Waals surface area (Å²) in [4.78, 5) is 17.0. The van der Waals surface area contributed by atoms with Crippen molar-refractivity contribution in [1.82, 2.24) is 0 Å². The van der Waals surface area contributed by atoms with E-state index >= 15 is 0 Å². The minimum atomic E-state index is -4.30. The Morgan fingerprint density at radius 3 is 2.20 bits per heavy atom. The first kappa shape index (κ1) is 15.1. The molecule has 0 aliphatic heterocycles. The molecule has 0 amide bonds. The maximum absolute atomic E-state index is 10.4. The van der Waals surface area contributed by atoms with Crippen molar-refractivity contribution >= 4 is 7.82 Å². The van der Waals surface area contributed by atoms with E-state index in [4.69, 9.17) is 9.79 Å². The summed E-state index contributed by atoms with van der Waals surface area (Å²) in [7, 11) is -0.233. The van der Waals surface area contributed by atoms with Gasteiger partial charge in [0.25, 0.3) is 0 Å². The maximum Gasteiger partial charge on any atom is 0.469 e. The number of phosphoric acid groups is 1. The van der Waals surface area contributed by atoms with Gasteiger partial charge in [-0.25, -0.2) is 4.57 Å². The van der Waals surface area contributed by atoms with Crippen LogP contribution in [0.15, 0.2) is 0 Å². The maximum atomic E-state index is 10.4.